The Morgan fingerprint density at radius 3 is 2.38 bits per heavy atom. The standard InChI is InChI=1S/C9H15BrO3/c10-7(6-11)8(12)9(13)4-2-1-3-5-9/h7,11,13H,1-6H2. The Morgan fingerprint density at radius 2 is 1.92 bits per heavy atom. The fourth-order valence-electron chi connectivity index (χ4n) is 1.76. The van der Waals surface area contributed by atoms with Gasteiger partial charge >= 0.3 is 0 Å². The Labute approximate surface area is 86.3 Å². The van der Waals surface area contributed by atoms with Crippen LogP contribution in [0.1, 0.15) is 32.1 Å². The Bertz CT molecular complexity index is 187. The number of Topliss-reactive ketones (excluding diaryl/α,β-unsaturated/α-hetero) is 1. The second-order valence-electron chi connectivity index (χ2n) is 3.61. The van der Waals surface area contributed by atoms with Crippen molar-refractivity contribution in [2.24, 2.45) is 0 Å². The van der Waals surface area contributed by atoms with E-state index in [1.54, 1.807) is 0 Å². The average molecular weight is 251 g/mol. The molecule has 1 unspecified atom stereocenters. The van der Waals surface area contributed by atoms with Gasteiger partial charge in [0.15, 0.2) is 5.78 Å². The minimum absolute atomic E-state index is 0.249. The van der Waals surface area contributed by atoms with Crippen molar-refractivity contribution in [2.75, 3.05) is 6.61 Å². The molecule has 0 aromatic rings. The number of hydrogen-bond donors (Lipinski definition) is 2. The number of hydrogen-bond acceptors (Lipinski definition) is 3. The van der Waals surface area contributed by atoms with E-state index in [1.165, 1.54) is 0 Å². The molecule has 13 heavy (non-hydrogen) atoms. The fraction of sp³-hybridized carbons (Fsp3) is 0.889. The van der Waals surface area contributed by atoms with Gasteiger partial charge in [-0.1, -0.05) is 35.2 Å². The second-order valence-corrected chi connectivity index (χ2v) is 4.71. The number of halogens is 1. The Balaban J connectivity index is 2.61. The van der Waals surface area contributed by atoms with E-state index in [1.807, 2.05) is 0 Å². The number of rotatable bonds is 3. The van der Waals surface area contributed by atoms with Crippen LogP contribution in [0.5, 0.6) is 0 Å². The first-order valence-electron chi connectivity index (χ1n) is 4.62. The Morgan fingerprint density at radius 1 is 1.38 bits per heavy atom. The van der Waals surface area contributed by atoms with E-state index >= 15 is 0 Å². The van der Waals surface area contributed by atoms with Crippen LogP contribution in [0.25, 0.3) is 0 Å². The van der Waals surface area contributed by atoms with Crippen molar-refractivity contribution in [3.8, 4) is 0 Å². The van der Waals surface area contributed by atoms with E-state index in [2.05, 4.69) is 15.9 Å². The van der Waals surface area contributed by atoms with Crippen molar-refractivity contribution in [3.05, 3.63) is 0 Å². The van der Waals surface area contributed by atoms with E-state index in [0.717, 1.165) is 19.3 Å². The van der Waals surface area contributed by atoms with Gasteiger partial charge in [0.1, 0.15) is 5.60 Å². The number of carbonyl (C=O) groups excluding carboxylic acids is 1. The van der Waals surface area contributed by atoms with E-state index in [0.29, 0.717) is 12.8 Å². The van der Waals surface area contributed by atoms with Crippen LogP contribution in [0, 0.1) is 0 Å². The molecule has 76 valence electrons. The normalized spacial score (nSPS) is 23.9. The Kier molecular flexibility index (Phi) is 3.88. The third kappa shape index (κ3) is 2.51. The van der Waals surface area contributed by atoms with Crippen LogP contribution in [0.4, 0.5) is 0 Å². The molecular weight excluding hydrogens is 236 g/mol. The van der Waals surface area contributed by atoms with Gasteiger partial charge in [-0.15, -0.1) is 0 Å². The molecule has 1 saturated carbocycles. The highest BCUT2D eigenvalue weighted by molar-refractivity contribution is 9.10. The molecule has 1 atom stereocenters. The summed E-state index contributed by atoms with van der Waals surface area (Å²) >= 11 is 3.05. The first kappa shape index (κ1) is 11.1. The molecule has 1 rings (SSSR count). The minimum atomic E-state index is -1.19. The third-order valence-electron chi connectivity index (χ3n) is 2.58. The molecule has 0 aromatic heterocycles. The lowest BCUT2D eigenvalue weighted by Crippen LogP contribution is -2.45. The highest BCUT2D eigenvalue weighted by Gasteiger charge is 2.39. The SMILES string of the molecule is O=C(C(Br)CO)C1(O)CCCCC1. The van der Waals surface area contributed by atoms with Crippen molar-refractivity contribution >= 4 is 21.7 Å². The number of alkyl halides is 1. The summed E-state index contributed by atoms with van der Waals surface area (Å²) in [5, 5.41) is 18.7. The summed E-state index contributed by atoms with van der Waals surface area (Å²) in [5.41, 5.74) is -1.19. The summed E-state index contributed by atoms with van der Waals surface area (Å²) in [5.74, 6) is -0.269. The summed E-state index contributed by atoms with van der Waals surface area (Å²) in [6, 6.07) is 0. The van der Waals surface area contributed by atoms with E-state index in [-0.39, 0.29) is 12.4 Å². The maximum absolute atomic E-state index is 11.6. The highest BCUT2D eigenvalue weighted by Crippen LogP contribution is 2.30. The number of aliphatic hydroxyl groups is 2. The van der Waals surface area contributed by atoms with Gasteiger partial charge in [-0.05, 0) is 12.8 Å². The Hall–Kier alpha value is 0.0700. The maximum Gasteiger partial charge on any atom is 0.180 e. The van der Waals surface area contributed by atoms with E-state index in [4.69, 9.17) is 5.11 Å². The quantitative estimate of drug-likeness (QED) is 0.736. The summed E-state index contributed by atoms with van der Waals surface area (Å²) < 4.78 is 0. The molecule has 0 aliphatic heterocycles. The van der Waals surface area contributed by atoms with Gasteiger partial charge in [0.2, 0.25) is 0 Å². The molecule has 0 amide bonds. The fourth-order valence-corrected chi connectivity index (χ4v) is 2.18. The molecule has 0 saturated heterocycles. The van der Waals surface area contributed by atoms with Gasteiger partial charge < -0.3 is 10.2 Å². The van der Waals surface area contributed by atoms with E-state index < -0.39 is 10.4 Å². The van der Waals surface area contributed by atoms with Crippen LogP contribution >= 0.6 is 15.9 Å². The third-order valence-corrected chi connectivity index (χ3v) is 3.29. The molecule has 1 aliphatic rings. The molecule has 1 aliphatic carbocycles. The maximum atomic E-state index is 11.6. The van der Waals surface area contributed by atoms with Gasteiger partial charge in [-0.3, -0.25) is 4.79 Å². The van der Waals surface area contributed by atoms with E-state index in [9.17, 15) is 9.90 Å². The monoisotopic (exact) mass is 250 g/mol. The molecule has 0 heterocycles. The lowest BCUT2D eigenvalue weighted by atomic mass is 9.81. The molecule has 0 radical (unpaired) electrons. The van der Waals surface area contributed by atoms with Crippen molar-refractivity contribution < 1.29 is 15.0 Å². The van der Waals surface area contributed by atoms with Crippen LogP contribution in [-0.2, 0) is 4.79 Å². The lowest BCUT2D eigenvalue weighted by Gasteiger charge is -2.31. The van der Waals surface area contributed by atoms with Crippen molar-refractivity contribution in [1.29, 1.82) is 0 Å². The van der Waals surface area contributed by atoms with Crippen molar-refractivity contribution in [2.45, 2.75) is 42.5 Å². The van der Waals surface area contributed by atoms with Crippen LogP contribution in [0.3, 0.4) is 0 Å². The van der Waals surface area contributed by atoms with Gasteiger partial charge in [-0.25, -0.2) is 0 Å². The number of aliphatic hydroxyl groups excluding tert-OH is 1. The molecule has 0 spiro atoms. The topological polar surface area (TPSA) is 57.5 Å². The second kappa shape index (κ2) is 4.53. The highest BCUT2D eigenvalue weighted by atomic mass is 79.9. The molecule has 1 fully saturated rings. The largest absolute Gasteiger partial charge is 0.395 e. The zero-order valence-electron chi connectivity index (χ0n) is 7.50. The van der Waals surface area contributed by atoms with Crippen molar-refractivity contribution in [3.63, 3.8) is 0 Å². The van der Waals surface area contributed by atoms with Gasteiger partial charge in [0.05, 0.1) is 11.4 Å². The molecule has 3 nitrogen and oxygen atoms in total. The van der Waals surface area contributed by atoms with Crippen molar-refractivity contribution in [1.82, 2.24) is 0 Å². The summed E-state index contributed by atoms with van der Waals surface area (Å²) in [4.78, 5) is 11.0. The van der Waals surface area contributed by atoms with Crippen LogP contribution in [0.15, 0.2) is 0 Å². The number of ketones is 1. The minimum Gasteiger partial charge on any atom is -0.395 e. The number of carbonyl (C=O) groups is 1. The summed E-state index contributed by atoms with van der Waals surface area (Å²) in [6.07, 6.45) is 3.95. The lowest BCUT2D eigenvalue weighted by molar-refractivity contribution is -0.140. The predicted molar refractivity (Wildman–Crippen MR) is 52.8 cm³/mol. The molecule has 2 N–H and O–H groups in total. The average Bonchev–Trinajstić information content (AvgIpc) is 2.16. The predicted octanol–water partition coefficient (Wildman–Crippen LogP) is 1.01. The molecular formula is C9H15BrO3. The van der Waals surface area contributed by atoms with Crippen LogP contribution < -0.4 is 0 Å². The first-order valence-corrected chi connectivity index (χ1v) is 5.53. The first-order chi connectivity index (χ1) is 6.10. The molecule has 4 heteroatoms. The van der Waals surface area contributed by atoms with Gasteiger partial charge in [-0.2, -0.15) is 0 Å². The summed E-state index contributed by atoms with van der Waals surface area (Å²) in [6.45, 7) is -0.249. The van der Waals surface area contributed by atoms with Gasteiger partial charge in [0, 0.05) is 0 Å². The zero-order valence-corrected chi connectivity index (χ0v) is 9.09. The van der Waals surface area contributed by atoms with Crippen LogP contribution in [0.2, 0.25) is 0 Å². The van der Waals surface area contributed by atoms with Crippen LogP contribution in [-0.4, -0.2) is 33.0 Å². The smallest absolute Gasteiger partial charge is 0.180 e. The summed E-state index contributed by atoms with van der Waals surface area (Å²) in [7, 11) is 0. The molecule has 0 aromatic carbocycles. The molecule has 0 bridgehead atoms. The zero-order chi connectivity index (χ0) is 9.90. The van der Waals surface area contributed by atoms with Gasteiger partial charge in [0.25, 0.3) is 0 Å².